The Morgan fingerprint density at radius 1 is 1.50 bits per heavy atom. The van der Waals surface area contributed by atoms with Gasteiger partial charge in [0.1, 0.15) is 0 Å². The molecule has 0 amide bonds. The number of rotatable bonds is 3. The minimum atomic E-state index is 0.326. The Labute approximate surface area is 63.4 Å². The molecular weight excluding hydrogens is 124 g/mol. The summed E-state index contributed by atoms with van der Waals surface area (Å²) >= 11 is 0. The van der Waals surface area contributed by atoms with Gasteiger partial charge in [-0.15, -0.1) is 0 Å². The summed E-state index contributed by atoms with van der Waals surface area (Å²) in [5, 5.41) is 6.83. The van der Waals surface area contributed by atoms with E-state index in [4.69, 9.17) is 0 Å². The van der Waals surface area contributed by atoms with Gasteiger partial charge in [0.2, 0.25) is 0 Å². The topological polar surface area (TPSA) is 24.1 Å². The summed E-state index contributed by atoms with van der Waals surface area (Å²) in [6.45, 7) is 9.02. The molecule has 0 aromatic carbocycles. The minimum Gasteiger partial charge on any atom is -0.314 e. The standard InChI is InChI=1S/C8H18N2/c1-4-8(2,3)10-7-5-9-6-7/h7,9-10H,4-6H2,1-3H3. The van der Waals surface area contributed by atoms with Crippen molar-refractivity contribution in [2.45, 2.75) is 38.8 Å². The molecule has 0 aromatic heterocycles. The molecule has 0 aromatic rings. The Kier molecular flexibility index (Phi) is 2.32. The molecule has 2 N–H and O–H groups in total. The third-order valence-electron chi connectivity index (χ3n) is 2.26. The van der Waals surface area contributed by atoms with Crippen molar-refractivity contribution >= 4 is 0 Å². The van der Waals surface area contributed by atoms with Gasteiger partial charge >= 0.3 is 0 Å². The molecule has 60 valence electrons. The van der Waals surface area contributed by atoms with Crippen molar-refractivity contribution in [1.29, 1.82) is 0 Å². The van der Waals surface area contributed by atoms with Crippen LogP contribution in [-0.2, 0) is 0 Å². The van der Waals surface area contributed by atoms with Crippen molar-refractivity contribution in [1.82, 2.24) is 10.6 Å². The van der Waals surface area contributed by atoms with Gasteiger partial charge < -0.3 is 10.6 Å². The van der Waals surface area contributed by atoms with Crippen molar-refractivity contribution in [3.63, 3.8) is 0 Å². The normalized spacial score (nSPS) is 20.7. The minimum absolute atomic E-state index is 0.326. The van der Waals surface area contributed by atoms with Gasteiger partial charge in [-0.3, -0.25) is 0 Å². The lowest BCUT2D eigenvalue weighted by molar-refractivity contribution is 0.265. The van der Waals surface area contributed by atoms with Gasteiger partial charge in [-0.05, 0) is 20.3 Å². The van der Waals surface area contributed by atoms with Gasteiger partial charge in [0.25, 0.3) is 0 Å². The molecule has 0 bridgehead atoms. The van der Waals surface area contributed by atoms with Crippen LogP contribution in [0.4, 0.5) is 0 Å². The van der Waals surface area contributed by atoms with Crippen LogP contribution in [0.25, 0.3) is 0 Å². The zero-order valence-corrected chi connectivity index (χ0v) is 7.20. The van der Waals surface area contributed by atoms with E-state index in [2.05, 4.69) is 31.4 Å². The van der Waals surface area contributed by atoms with E-state index in [-0.39, 0.29) is 0 Å². The predicted molar refractivity (Wildman–Crippen MR) is 44.2 cm³/mol. The SMILES string of the molecule is CCC(C)(C)NC1CNC1. The third-order valence-corrected chi connectivity index (χ3v) is 2.26. The van der Waals surface area contributed by atoms with Gasteiger partial charge in [0, 0.05) is 24.7 Å². The first-order chi connectivity index (χ1) is 4.64. The van der Waals surface area contributed by atoms with Crippen molar-refractivity contribution in [3.05, 3.63) is 0 Å². The molecule has 1 aliphatic heterocycles. The van der Waals surface area contributed by atoms with Crippen LogP contribution >= 0.6 is 0 Å². The molecule has 0 saturated carbocycles. The molecule has 2 nitrogen and oxygen atoms in total. The van der Waals surface area contributed by atoms with E-state index in [1.807, 2.05) is 0 Å². The van der Waals surface area contributed by atoms with E-state index in [9.17, 15) is 0 Å². The molecule has 1 heterocycles. The van der Waals surface area contributed by atoms with Crippen LogP contribution in [0.3, 0.4) is 0 Å². The first-order valence-corrected chi connectivity index (χ1v) is 4.12. The fourth-order valence-corrected chi connectivity index (χ4v) is 1.05. The predicted octanol–water partition coefficient (Wildman–Crippen LogP) is 0.736. The first kappa shape index (κ1) is 8.02. The van der Waals surface area contributed by atoms with E-state index < -0.39 is 0 Å². The second-order valence-corrected chi connectivity index (χ2v) is 3.74. The highest BCUT2D eigenvalue weighted by Crippen LogP contribution is 2.09. The lowest BCUT2D eigenvalue weighted by atomic mass is 9.99. The average molecular weight is 142 g/mol. The molecule has 1 saturated heterocycles. The Morgan fingerprint density at radius 2 is 2.10 bits per heavy atom. The van der Waals surface area contributed by atoms with E-state index in [1.54, 1.807) is 0 Å². The molecule has 1 aliphatic rings. The molecule has 0 atom stereocenters. The monoisotopic (exact) mass is 142 g/mol. The molecule has 0 radical (unpaired) electrons. The molecule has 0 spiro atoms. The number of hydrogen-bond donors (Lipinski definition) is 2. The summed E-state index contributed by atoms with van der Waals surface area (Å²) in [6.07, 6.45) is 1.20. The van der Waals surface area contributed by atoms with Crippen LogP contribution in [0.15, 0.2) is 0 Å². The average Bonchev–Trinajstić information content (AvgIpc) is 1.80. The highest BCUT2D eigenvalue weighted by Gasteiger charge is 2.23. The maximum atomic E-state index is 3.58. The summed E-state index contributed by atoms with van der Waals surface area (Å²) in [4.78, 5) is 0. The summed E-state index contributed by atoms with van der Waals surface area (Å²) in [6, 6.07) is 0.718. The van der Waals surface area contributed by atoms with Crippen molar-refractivity contribution in [2.75, 3.05) is 13.1 Å². The van der Waals surface area contributed by atoms with E-state index >= 15 is 0 Å². The zero-order chi connectivity index (χ0) is 7.61. The van der Waals surface area contributed by atoms with Crippen LogP contribution in [0.2, 0.25) is 0 Å². The van der Waals surface area contributed by atoms with Crippen LogP contribution < -0.4 is 10.6 Å². The van der Waals surface area contributed by atoms with E-state index in [0.29, 0.717) is 5.54 Å². The van der Waals surface area contributed by atoms with Crippen molar-refractivity contribution in [2.24, 2.45) is 0 Å². The summed E-state index contributed by atoms with van der Waals surface area (Å²) in [5.74, 6) is 0. The number of nitrogens with one attached hydrogen (secondary N) is 2. The molecule has 1 rings (SSSR count). The summed E-state index contributed by atoms with van der Waals surface area (Å²) in [7, 11) is 0. The van der Waals surface area contributed by atoms with E-state index in [1.165, 1.54) is 6.42 Å². The first-order valence-electron chi connectivity index (χ1n) is 4.12. The molecule has 2 heteroatoms. The van der Waals surface area contributed by atoms with Gasteiger partial charge in [-0.25, -0.2) is 0 Å². The Balaban J connectivity index is 2.21. The van der Waals surface area contributed by atoms with Crippen LogP contribution in [0.5, 0.6) is 0 Å². The van der Waals surface area contributed by atoms with Crippen molar-refractivity contribution in [3.8, 4) is 0 Å². The summed E-state index contributed by atoms with van der Waals surface area (Å²) < 4.78 is 0. The maximum absolute atomic E-state index is 3.58. The van der Waals surface area contributed by atoms with Gasteiger partial charge in [-0.1, -0.05) is 6.92 Å². The fourth-order valence-electron chi connectivity index (χ4n) is 1.05. The highest BCUT2D eigenvalue weighted by atomic mass is 15.1. The smallest absolute Gasteiger partial charge is 0.0322 e. The second-order valence-electron chi connectivity index (χ2n) is 3.74. The number of hydrogen-bond acceptors (Lipinski definition) is 2. The Hall–Kier alpha value is -0.0800. The maximum Gasteiger partial charge on any atom is 0.0322 e. The van der Waals surface area contributed by atoms with Crippen LogP contribution in [-0.4, -0.2) is 24.7 Å². The highest BCUT2D eigenvalue weighted by molar-refractivity contribution is 4.88. The van der Waals surface area contributed by atoms with Gasteiger partial charge in [0.15, 0.2) is 0 Å². The van der Waals surface area contributed by atoms with E-state index in [0.717, 1.165) is 19.1 Å². The van der Waals surface area contributed by atoms with Crippen molar-refractivity contribution < 1.29 is 0 Å². The summed E-state index contributed by atoms with van der Waals surface area (Å²) in [5.41, 5.74) is 0.326. The third kappa shape index (κ3) is 1.96. The molecule has 0 unspecified atom stereocenters. The Morgan fingerprint density at radius 3 is 2.40 bits per heavy atom. The Bertz CT molecular complexity index is 106. The largest absolute Gasteiger partial charge is 0.314 e. The molecule has 1 fully saturated rings. The van der Waals surface area contributed by atoms with Gasteiger partial charge in [-0.2, -0.15) is 0 Å². The quantitative estimate of drug-likeness (QED) is 0.607. The molecular formula is C8H18N2. The van der Waals surface area contributed by atoms with Gasteiger partial charge in [0.05, 0.1) is 0 Å². The zero-order valence-electron chi connectivity index (χ0n) is 7.20. The lowest BCUT2D eigenvalue weighted by Crippen LogP contribution is -2.60. The second kappa shape index (κ2) is 2.89. The molecule has 0 aliphatic carbocycles. The fraction of sp³-hybridized carbons (Fsp3) is 1.00. The van der Waals surface area contributed by atoms with Crippen LogP contribution in [0.1, 0.15) is 27.2 Å². The van der Waals surface area contributed by atoms with Crippen LogP contribution in [0, 0.1) is 0 Å². The lowest BCUT2D eigenvalue weighted by Gasteiger charge is -2.36. The molecule has 10 heavy (non-hydrogen) atoms.